The molecule has 0 saturated carbocycles. The molecule has 0 bridgehead atoms. The lowest BCUT2D eigenvalue weighted by atomic mass is 10.2. The molecule has 3 aromatic rings. The lowest BCUT2D eigenvalue weighted by molar-refractivity contribution is -0.140. The minimum Gasteiger partial charge on any atom is -0.480 e. The van der Waals surface area contributed by atoms with E-state index in [4.69, 9.17) is 5.73 Å². The van der Waals surface area contributed by atoms with Crippen molar-refractivity contribution in [2.45, 2.75) is 19.4 Å². The third-order valence-corrected chi connectivity index (χ3v) is 4.34. The lowest BCUT2D eigenvalue weighted by Gasteiger charge is -2.15. The van der Waals surface area contributed by atoms with Crippen molar-refractivity contribution in [3.63, 3.8) is 0 Å². The molecule has 0 saturated heterocycles. The lowest BCUT2D eigenvalue weighted by Crippen LogP contribution is -2.18. The van der Waals surface area contributed by atoms with E-state index in [0.29, 0.717) is 23.4 Å². The number of thiophene rings is 1. The number of rotatable bonds is 4. The van der Waals surface area contributed by atoms with Crippen molar-refractivity contribution in [1.29, 1.82) is 0 Å². The number of fused-ring (bicyclic) bond motifs is 1. The second kappa shape index (κ2) is 5.21. The molecule has 0 aliphatic heterocycles. The number of imidazole rings is 1. The van der Waals surface area contributed by atoms with Crippen molar-refractivity contribution in [3.8, 4) is 10.7 Å². The smallest absolute Gasteiger partial charge is 0.326 e. The van der Waals surface area contributed by atoms with Gasteiger partial charge in [-0.25, -0.2) is 9.78 Å². The van der Waals surface area contributed by atoms with E-state index in [1.165, 1.54) is 11.3 Å². The van der Waals surface area contributed by atoms with Crippen LogP contribution in [0.2, 0.25) is 0 Å². The maximum absolute atomic E-state index is 11.6. The number of aliphatic carboxylic acids is 1. The highest BCUT2D eigenvalue weighted by Crippen LogP contribution is 2.34. The van der Waals surface area contributed by atoms with Gasteiger partial charge in [-0.05, 0) is 30.0 Å². The summed E-state index contributed by atoms with van der Waals surface area (Å²) in [6.45, 7) is 1.86. The molecule has 108 valence electrons. The predicted octanol–water partition coefficient (Wildman–Crippen LogP) is 3.38. The molecule has 0 amide bonds. The summed E-state index contributed by atoms with van der Waals surface area (Å²) >= 11 is 1.53. The summed E-state index contributed by atoms with van der Waals surface area (Å²) in [6, 6.07) is 8.67. The van der Waals surface area contributed by atoms with E-state index in [2.05, 4.69) is 4.98 Å². The third-order valence-electron chi connectivity index (χ3n) is 3.48. The number of para-hydroxylation sites is 1. The van der Waals surface area contributed by atoms with Gasteiger partial charge in [0.2, 0.25) is 0 Å². The minimum absolute atomic E-state index is 0.480. The van der Waals surface area contributed by atoms with Crippen molar-refractivity contribution >= 4 is 34.0 Å². The first-order valence-electron chi connectivity index (χ1n) is 6.66. The van der Waals surface area contributed by atoms with Crippen LogP contribution in [-0.4, -0.2) is 20.6 Å². The van der Waals surface area contributed by atoms with Crippen LogP contribution in [0.1, 0.15) is 19.4 Å². The fourth-order valence-corrected chi connectivity index (χ4v) is 3.21. The molecule has 6 heteroatoms. The molecule has 0 fully saturated rings. The zero-order valence-electron chi connectivity index (χ0n) is 11.5. The van der Waals surface area contributed by atoms with Gasteiger partial charge in [0.05, 0.1) is 16.1 Å². The normalized spacial score (nSPS) is 12.6. The zero-order valence-corrected chi connectivity index (χ0v) is 12.3. The van der Waals surface area contributed by atoms with Gasteiger partial charge in [0, 0.05) is 0 Å². The Morgan fingerprint density at radius 2 is 2.24 bits per heavy atom. The number of carboxylic acids is 1. The Morgan fingerprint density at radius 1 is 1.43 bits per heavy atom. The van der Waals surface area contributed by atoms with Gasteiger partial charge in [-0.1, -0.05) is 19.1 Å². The molecule has 1 unspecified atom stereocenters. The molecule has 0 aliphatic carbocycles. The van der Waals surface area contributed by atoms with Gasteiger partial charge in [0.1, 0.15) is 11.6 Å². The van der Waals surface area contributed by atoms with Gasteiger partial charge in [-0.3, -0.25) is 0 Å². The van der Waals surface area contributed by atoms with Gasteiger partial charge in [-0.15, -0.1) is 11.3 Å². The molecular weight excluding hydrogens is 286 g/mol. The van der Waals surface area contributed by atoms with Gasteiger partial charge in [-0.2, -0.15) is 0 Å². The van der Waals surface area contributed by atoms with E-state index in [0.717, 1.165) is 10.4 Å². The van der Waals surface area contributed by atoms with Crippen LogP contribution in [0.15, 0.2) is 35.7 Å². The van der Waals surface area contributed by atoms with Crippen molar-refractivity contribution in [2.24, 2.45) is 0 Å². The van der Waals surface area contributed by atoms with Crippen LogP contribution in [0, 0.1) is 0 Å². The van der Waals surface area contributed by atoms with E-state index >= 15 is 0 Å². The number of benzene rings is 1. The fraction of sp³-hybridized carbons (Fsp3) is 0.200. The Labute approximate surface area is 125 Å². The minimum atomic E-state index is -0.864. The number of nitrogens with zero attached hydrogens (tertiary/aromatic N) is 2. The van der Waals surface area contributed by atoms with Crippen LogP contribution >= 0.6 is 11.3 Å². The number of aromatic nitrogens is 2. The summed E-state index contributed by atoms with van der Waals surface area (Å²) in [4.78, 5) is 17.1. The second-order valence-corrected chi connectivity index (χ2v) is 5.71. The van der Waals surface area contributed by atoms with E-state index in [9.17, 15) is 9.90 Å². The van der Waals surface area contributed by atoms with Crippen molar-refractivity contribution in [2.75, 3.05) is 5.73 Å². The molecule has 0 aliphatic rings. The summed E-state index contributed by atoms with van der Waals surface area (Å²) < 4.78 is 1.78. The number of carbonyl (C=O) groups is 1. The standard InChI is InChI=1S/C15H15N3O2S/c1-2-10(15(19)20)18-11-6-3-5-9(16)13(11)17-14(18)12-7-4-8-21-12/h3-8,10H,2,16H2,1H3,(H,19,20). The summed E-state index contributed by atoms with van der Waals surface area (Å²) in [7, 11) is 0. The van der Waals surface area contributed by atoms with Crippen LogP contribution < -0.4 is 5.73 Å². The number of nitrogen functional groups attached to an aromatic ring is 1. The molecule has 3 rings (SSSR count). The van der Waals surface area contributed by atoms with Crippen LogP contribution in [0.4, 0.5) is 5.69 Å². The number of hydrogen-bond donors (Lipinski definition) is 2. The monoisotopic (exact) mass is 301 g/mol. The number of anilines is 1. The van der Waals surface area contributed by atoms with E-state index in [1.807, 2.05) is 36.6 Å². The molecule has 5 nitrogen and oxygen atoms in total. The SMILES string of the molecule is CCC(C(=O)O)n1c(-c2cccs2)nc2c(N)cccc21. The average Bonchev–Trinajstić information content (AvgIpc) is 3.08. The first-order valence-corrected chi connectivity index (χ1v) is 7.54. The molecule has 2 aromatic heterocycles. The molecule has 0 spiro atoms. The number of carboxylic acid groups (broad SMARTS) is 1. The highest BCUT2D eigenvalue weighted by molar-refractivity contribution is 7.13. The summed E-state index contributed by atoms with van der Waals surface area (Å²) in [5.74, 6) is -0.204. The Balaban J connectivity index is 2.36. The van der Waals surface area contributed by atoms with Crippen molar-refractivity contribution in [1.82, 2.24) is 9.55 Å². The molecular formula is C15H15N3O2S. The molecule has 1 aromatic carbocycles. The van der Waals surface area contributed by atoms with E-state index < -0.39 is 12.0 Å². The molecule has 2 heterocycles. The Kier molecular flexibility index (Phi) is 3.39. The van der Waals surface area contributed by atoms with Crippen LogP contribution in [-0.2, 0) is 4.79 Å². The summed E-state index contributed by atoms with van der Waals surface area (Å²) in [5.41, 5.74) is 7.96. The second-order valence-electron chi connectivity index (χ2n) is 4.76. The van der Waals surface area contributed by atoms with E-state index in [1.54, 1.807) is 10.6 Å². The van der Waals surface area contributed by atoms with Crippen molar-refractivity contribution in [3.05, 3.63) is 35.7 Å². The zero-order chi connectivity index (χ0) is 15.0. The molecule has 3 N–H and O–H groups in total. The highest BCUT2D eigenvalue weighted by Gasteiger charge is 2.25. The summed E-state index contributed by atoms with van der Waals surface area (Å²) in [5, 5.41) is 11.5. The largest absolute Gasteiger partial charge is 0.480 e. The molecule has 1 atom stereocenters. The van der Waals surface area contributed by atoms with Crippen molar-refractivity contribution < 1.29 is 9.90 Å². The first kappa shape index (κ1) is 13.6. The fourth-order valence-electron chi connectivity index (χ4n) is 2.50. The maximum atomic E-state index is 11.6. The third kappa shape index (κ3) is 2.17. The number of hydrogen-bond acceptors (Lipinski definition) is 4. The number of nitrogens with two attached hydrogens (primary N) is 1. The van der Waals surface area contributed by atoms with Gasteiger partial charge in [0.15, 0.2) is 5.82 Å². The van der Waals surface area contributed by atoms with E-state index in [-0.39, 0.29) is 0 Å². The van der Waals surface area contributed by atoms with Gasteiger partial charge < -0.3 is 15.4 Å². The average molecular weight is 301 g/mol. The maximum Gasteiger partial charge on any atom is 0.326 e. The molecule has 0 radical (unpaired) electrons. The Hall–Kier alpha value is -2.34. The topological polar surface area (TPSA) is 81.1 Å². The van der Waals surface area contributed by atoms with Gasteiger partial charge >= 0.3 is 5.97 Å². The molecule has 21 heavy (non-hydrogen) atoms. The Bertz CT molecular complexity index is 793. The highest BCUT2D eigenvalue weighted by atomic mass is 32.1. The van der Waals surface area contributed by atoms with Crippen LogP contribution in [0.25, 0.3) is 21.7 Å². The van der Waals surface area contributed by atoms with Gasteiger partial charge in [0.25, 0.3) is 0 Å². The quantitative estimate of drug-likeness (QED) is 0.724. The van der Waals surface area contributed by atoms with Crippen LogP contribution in [0.5, 0.6) is 0 Å². The predicted molar refractivity (Wildman–Crippen MR) is 84.4 cm³/mol. The van der Waals surface area contributed by atoms with Crippen LogP contribution in [0.3, 0.4) is 0 Å². The summed E-state index contributed by atoms with van der Waals surface area (Å²) in [6.07, 6.45) is 0.480. The first-order chi connectivity index (χ1) is 10.1. The Morgan fingerprint density at radius 3 is 2.86 bits per heavy atom.